The normalized spacial score (nSPS) is 24.9. The Morgan fingerprint density at radius 2 is 1.24 bits per heavy atom. The van der Waals surface area contributed by atoms with Gasteiger partial charge in [0, 0.05) is 0 Å². The van der Waals surface area contributed by atoms with Crippen molar-refractivity contribution in [3.63, 3.8) is 0 Å². The third kappa shape index (κ3) is 12.1. The molecule has 0 spiro atoms. The number of β-amino-alcohol motifs (C(OH)–C–C–N with tert-alkyl or cyclic N) is 1. The summed E-state index contributed by atoms with van der Waals surface area (Å²) in [5.74, 6) is -2.83. The summed E-state index contributed by atoms with van der Waals surface area (Å²) in [6.45, 7) is 5.47. The summed E-state index contributed by atoms with van der Waals surface area (Å²) in [5, 5.41) is 37.5. The van der Waals surface area contributed by atoms with Crippen molar-refractivity contribution < 1.29 is 73.8 Å². The van der Waals surface area contributed by atoms with E-state index in [-0.39, 0.29) is 20.3 Å². The van der Waals surface area contributed by atoms with E-state index < -0.39 is 24.0 Å². The Bertz CT molecular complexity index is 566. The molecular formula is C17H32GdN4O7+. The first-order valence-electron chi connectivity index (χ1n) is 9.54. The van der Waals surface area contributed by atoms with E-state index in [1.54, 1.807) is 55.0 Å². The van der Waals surface area contributed by atoms with Gasteiger partial charge in [0.1, 0.15) is 0 Å². The number of hydrogen-bond acceptors (Lipinski definition) is 7. The van der Waals surface area contributed by atoms with Crippen molar-refractivity contribution in [2.75, 3.05) is 78.5 Å². The van der Waals surface area contributed by atoms with Crippen LogP contribution >= 0.6 is 0 Å². The molecule has 11 nitrogen and oxygen atoms in total. The summed E-state index contributed by atoms with van der Waals surface area (Å²) in [7, 11) is 0. The topological polar surface area (TPSA) is 142 Å². The summed E-state index contributed by atoms with van der Waals surface area (Å²) >= 11 is 1.59. The molecule has 1 aliphatic rings. The Balaban J connectivity index is 3.00. The van der Waals surface area contributed by atoms with Crippen LogP contribution < -0.4 is 0 Å². The van der Waals surface area contributed by atoms with Crippen LogP contribution in [0.2, 0.25) is 0 Å². The summed E-state index contributed by atoms with van der Waals surface area (Å²) in [6.07, 6.45) is -0.553. The van der Waals surface area contributed by atoms with Crippen LogP contribution in [0.25, 0.3) is 0 Å². The van der Waals surface area contributed by atoms with Crippen LogP contribution in [0, 0.1) is 38.3 Å². The zero-order valence-electron chi connectivity index (χ0n) is 16.7. The Morgan fingerprint density at radius 3 is 1.66 bits per heavy atom. The fourth-order valence-electron chi connectivity index (χ4n) is 3.30. The first-order chi connectivity index (χ1) is 13.5. The third-order valence-electron chi connectivity index (χ3n) is 4.74. The van der Waals surface area contributed by atoms with E-state index in [1.807, 2.05) is 4.90 Å². The number of aliphatic hydroxyl groups is 1. The predicted octanol–water partition coefficient (Wildman–Crippen LogP) is -2.18. The van der Waals surface area contributed by atoms with Crippen molar-refractivity contribution in [1.82, 2.24) is 14.7 Å². The summed E-state index contributed by atoms with van der Waals surface area (Å²) in [4.78, 5) is 39.3. The van der Waals surface area contributed by atoms with Gasteiger partial charge in [-0.2, -0.15) is 0 Å². The molecule has 169 valence electrons. The Hall–Kier alpha value is -0.465. The van der Waals surface area contributed by atoms with Gasteiger partial charge >= 0.3 is 198 Å². The van der Waals surface area contributed by atoms with Crippen LogP contribution in [0.4, 0.5) is 0 Å². The van der Waals surface area contributed by atoms with Crippen LogP contribution in [0.15, 0.2) is 0 Å². The van der Waals surface area contributed by atoms with Gasteiger partial charge in [0.05, 0.1) is 0 Å². The van der Waals surface area contributed by atoms with Gasteiger partial charge in [-0.15, -0.1) is 0 Å². The fraction of sp³-hybridized carbons (Fsp3) is 0.824. The van der Waals surface area contributed by atoms with Gasteiger partial charge in [-0.25, -0.2) is 0 Å². The molecule has 0 aliphatic carbocycles. The monoisotopic (exact) mass is 562 g/mol. The molecule has 0 bridgehead atoms. The van der Waals surface area contributed by atoms with Crippen molar-refractivity contribution >= 4 is 17.9 Å². The SMILES string of the molecule is CC(O)CN1CCN(CC(=O)O)CCN(CC(=O)O)CC[N+]([Gd])(CC(=O)O)CC1. The molecule has 12 heteroatoms. The second-order valence-corrected chi connectivity index (χ2v) is 9.65. The van der Waals surface area contributed by atoms with Crippen LogP contribution in [0.5, 0.6) is 0 Å². The number of hydrogen-bond donors (Lipinski definition) is 4. The molecule has 1 saturated heterocycles. The zero-order valence-corrected chi connectivity index (χ0v) is 19.0. The average Bonchev–Trinajstić information content (AvgIpc) is 2.56. The summed E-state index contributed by atoms with van der Waals surface area (Å²) in [5.41, 5.74) is 0. The molecule has 4 N–H and O–H groups in total. The van der Waals surface area contributed by atoms with Crippen LogP contribution in [0.1, 0.15) is 6.92 Å². The van der Waals surface area contributed by atoms with Gasteiger partial charge in [-0.3, -0.25) is 0 Å². The van der Waals surface area contributed by atoms with Crippen molar-refractivity contribution in [2.45, 2.75) is 13.0 Å². The van der Waals surface area contributed by atoms with Crippen molar-refractivity contribution in [3.8, 4) is 0 Å². The first-order valence-corrected chi connectivity index (χ1v) is 10.6. The maximum atomic E-state index is 11.4. The van der Waals surface area contributed by atoms with Crippen LogP contribution in [-0.4, -0.2) is 138 Å². The molecule has 0 radical (unpaired) electrons. The van der Waals surface area contributed by atoms with Crippen LogP contribution in [0.3, 0.4) is 0 Å². The van der Waals surface area contributed by atoms with E-state index in [9.17, 15) is 29.7 Å². The Morgan fingerprint density at radius 1 is 0.828 bits per heavy atom. The van der Waals surface area contributed by atoms with Crippen molar-refractivity contribution in [1.29, 1.82) is 0 Å². The molecule has 2 atom stereocenters. The molecule has 1 heterocycles. The molecular weight excluding hydrogens is 529 g/mol. The summed E-state index contributed by atoms with van der Waals surface area (Å²) < 4.78 is 0.278. The van der Waals surface area contributed by atoms with Gasteiger partial charge in [-0.05, 0) is 0 Å². The second kappa shape index (κ2) is 13.1. The van der Waals surface area contributed by atoms with E-state index in [4.69, 9.17) is 5.11 Å². The van der Waals surface area contributed by atoms with E-state index in [1.165, 1.54) is 0 Å². The Labute approximate surface area is 197 Å². The number of quaternary nitrogens is 1. The third-order valence-corrected chi connectivity index (χ3v) is 6.12. The van der Waals surface area contributed by atoms with Crippen molar-refractivity contribution in [3.05, 3.63) is 0 Å². The number of carbonyl (C=O) groups is 3. The summed E-state index contributed by atoms with van der Waals surface area (Å²) in [6, 6.07) is 0. The zero-order chi connectivity index (χ0) is 22.0. The fourth-order valence-corrected chi connectivity index (χ4v) is 4.06. The number of carboxylic acids is 3. The van der Waals surface area contributed by atoms with Crippen molar-refractivity contribution in [2.24, 2.45) is 0 Å². The molecule has 0 aromatic rings. The quantitative estimate of drug-likeness (QED) is 0.259. The van der Waals surface area contributed by atoms with Crippen LogP contribution in [-0.2, 0) is 14.4 Å². The maximum absolute atomic E-state index is 11.4. The average molecular weight is 562 g/mol. The number of carboxylic acid groups (broad SMARTS) is 3. The van der Waals surface area contributed by atoms with Gasteiger partial charge in [-0.1, -0.05) is 0 Å². The molecule has 0 aromatic heterocycles. The molecule has 1 rings (SSSR count). The number of aliphatic carboxylic acids is 3. The van der Waals surface area contributed by atoms with Gasteiger partial charge in [0.15, 0.2) is 0 Å². The van der Waals surface area contributed by atoms with Gasteiger partial charge < -0.3 is 0 Å². The Kier molecular flexibility index (Phi) is 12.0. The number of rotatable bonds is 8. The first kappa shape index (κ1) is 26.6. The molecule has 1 aliphatic heterocycles. The van der Waals surface area contributed by atoms with Gasteiger partial charge in [0.25, 0.3) is 0 Å². The second-order valence-electron chi connectivity index (χ2n) is 7.49. The van der Waals surface area contributed by atoms with E-state index in [0.29, 0.717) is 58.9 Å². The number of nitrogens with zero attached hydrogens (tertiary/aromatic N) is 4. The molecule has 2 unspecified atom stereocenters. The molecule has 0 aromatic carbocycles. The van der Waals surface area contributed by atoms with E-state index in [0.717, 1.165) is 0 Å². The number of aliphatic hydroxyl groups excluding tert-OH is 1. The standard InChI is InChI=1S/C17H32N4O7.Gd/c1-14(22)10-18-2-4-19(11-15(23)24)6-8-21(13-17(27)28)9-7-20(5-3-18)12-16(25)26;/h14,22H,2-13H2,1H3,(H,23,24)(H,25,26)(H,27,28);/q;+1. The molecule has 0 amide bonds. The minimum atomic E-state index is -0.972. The molecule has 1 fully saturated rings. The van der Waals surface area contributed by atoms with E-state index >= 15 is 0 Å². The van der Waals surface area contributed by atoms with E-state index in [2.05, 4.69) is 0 Å². The van der Waals surface area contributed by atoms with Gasteiger partial charge in [0.2, 0.25) is 0 Å². The predicted molar refractivity (Wildman–Crippen MR) is 98.8 cm³/mol. The molecule has 0 saturated carbocycles. The molecule has 29 heavy (non-hydrogen) atoms. The minimum absolute atomic E-state index is 0.0625.